The molecule has 0 unspecified atom stereocenters. The summed E-state index contributed by atoms with van der Waals surface area (Å²) in [6.45, 7) is 3.94. The van der Waals surface area contributed by atoms with E-state index in [-0.39, 0.29) is 11.9 Å². The Labute approximate surface area is 91.2 Å². The van der Waals surface area contributed by atoms with Gasteiger partial charge < -0.3 is 4.90 Å². The number of nitrogens with zero attached hydrogens (tertiary/aromatic N) is 1. The van der Waals surface area contributed by atoms with E-state index in [1.165, 1.54) is 16.2 Å². The second kappa shape index (κ2) is 3.86. The first-order chi connectivity index (χ1) is 7.24. The first-order valence-electron chi connectivity index (χ1n) is 4.48. The van der Waals surface area contributed by atoms with Crippen LogP contribution in [0.2, 0.25) is 0 Å². The van der Waals surface area contributed by atoms with Crippen LogP contribution in [0.3, 0.4) is 0 Å². The highest BCUT2D eigenvalue weighted by molar-refractivity contribution is 7.08. The lowest BCUT2D eigenvalue weighted by Gasteiger charge is -2.18. The summed E-state index contributed by atoms with van der Waals surface area (Å²) in [5, 5.41) is 6.06. The number of hydrogen-bond acceptors (Lipinski definition) is 3. The number of nitrogens with one attached hydrogen (secondary N) is 1. The highest BCUT2D eigenvalue weighted by atomic mass is 32.1. The minimum Gasteiger partial charge on any atom is -0.305 e. The van der Waals surface area contributed by atoms with Gasteiger partial charge in [-0.1, -0.05) is 6.08 Å². The summed E-state index contributed by atoms with van der Waals surface area (Å²) in [7, 11) is 0. The van der Waals surface area contributed by atoms with Crippen LogP contribution in [0, 0.1) is 0 Å². The number of carbonyl (C=O) groups excluding carboxylic acids is 2. The molecule has 78 valence electrons. The molecule has 0 bridgehead atoms. The van der Waals surface area contributed by atoms with Crippen molar-refractivity contribution in [1.82, 2.24) is 10.2 Å². The van der Waals surface area contributed by atoms with Gasteiger partial charge in [-0.15, -0.1) is 6.58 Å². The van der Waals surface area contributed by atoms with E-state index in [9.17, 15) is 9.59 Å². The van der Waals surface area contributed by atoms with Crippen LogP contribution in [0.15, 0.2) is 29.5 Å². The average Bonchev–Trinajstić information content (AvgIpc) is 2.77. The van der Waals surface area contributed by atoms with Crippen LogP contribution in [0.5, 0.6) is 0 Å². The molecule has 1 N–H and O–H groups in total. The van der Waals surface area contributed by atoms with Gasteiger partial charge in [0.15, 0.2) is 0 Å². The third kappa shape index (κ3) is 1.66. The summed E-state index contributed by atoms with van der Waals surface area (Å²) in [6, 6.07) is 1.00. The maximum Gasteiger partial charge on any atom is 0.325 e. The second-order valence-electron chi connectivity index (χ2n) is 3.19. The Kier molecular flexibility index (Phi) is 2.55. The van der Waals surface area contributed by atoms with Crippen LogP contribution < -0.4 is 5.32 Å². The molecule has 0 aliphatic carbocycles. The van der Waals surface area contributed by atoms with Gasteiger partial charge in [0, 0.05) is 6.54 Å². The number of imide groups is 1. The molecule has 2 heterocycles. The molecule has 1 fully saturated rings. The summed E-state index contributed by atoms with van der Waals surface area (Å²) >= 11 is 1.51. The van der Waals surface area contributed by atoms with Crippen molar-refractivity contribution in [2.45, 2.75) is 6.04 Å². The molecule has 1 aromatic rings. The van der Waals surface area contributed by atoms with Gasteiger partial charge in [-0.05, 0) is 22.4 Å². The molecule has 2 rings (SSSR count). The molecule has 1 saturated heterocycles. The van der Waals surface area contributed by atoms with Crippen LogP contribution >= 0.6 is 11.3 Å². The van der Waals surface area contributed by atoms with Crippen LogP contribution in [0.25, 0.3) is 0 Å². The molecule has 1 aliphatic heterocycles. The number of hydrogen-bond donors (Lipinski definition) is 1. The van der Waals surface area contributed by atoms with Crippen molar-refractivity contribution >= 4 is 23.3 Å². The molecular formula is C10H10N2O2S. The quantitative estimate of drug-likeness (QED) is 0.622. The lowest BCUT2D eigenvalue weighted by Crippen LogP contribution is -2.29. The lowest BCUT2D eigenvalue weighted by molar-refractivity contribution is -0.121. The van der Waals surface area contributed by atoms with Gasteiger partial charge in [0.1, 0.15) is 6.04 Å². The average molecular weight is 222 g/mol. The number of carbonyl (C=O) groups is 2. The number of amides is 3. The summed E-state index contributed by atoms with van der Waals surface area (Å²) in [5.41, 5.74) is 0.852. The molecule has 1 aliphatic rings. The summed E-state index contributed by atoms with van der Waals surface area (Å²) in [4.78, 5) is 24.5. The zero-order valence-corrected chi connectivity index (χ0v) is 8.79. The molecular weight excluding hydrogens is 212 g/mol. The molecule has 1 aromatic heterocycles. The Balaban J connectivity index is 2.31. The Morgan fingerprint density at radius 1 is 1.60 bits per heavy atom. The van der Waals surface area contributed by atoms with Crippen molar-refractivity contribution in [3.05, 3.63) is 35.0 Å². The standard InChI is InChI=1S/C10H10N2O2S/c1-2-4-12-8(7-3-5-15-6-7)9(13)11-10(12)14/h2-3,5-6,8H,1,4H2,(H,11,13,14)/t8-/m1/s1. The molecule has 1 atom stereocenters. The summed E-state index contributed by atoms with van der Waals surface area (Å²) < 4.78 is 0. The minimum atomic E-state index is -0.498. The Bertz CT molecular complexity index is 400. The highest BCUT2D eigenvalue weighted by Gasteiger charge is 2.38. The number of urea groups is 1. The van der Waals surface area contributed by atoms with Crippen molar-refractivity contribution in [3.8, 4) is 0 Å². The monoisotopic (exact) mass is 222 g/mol. The Morgan fingerprint density at radius 2 is 2.40 bits per heavy atom. The molecule has 4 nitrogen and oxygen atoms in total. The fourth-order valence-corrected chi connectivity index (χ4v) is 2.27. The van der Waals surface area contributed by atoms with E-state index >= 15 is 0 Å². The van der Waals surface area contributed by atoms with Crippen LogP contribution in [0.4, 0.5) is 4.79 Å². The molecule has 0 radical (unpaired) electrons. The zero-order valence-electron chi connectivity index (χ0n) is 7.97. The maximum absolute atomic E-state index is 11.6. The number of thiophene rings is 1. The second-order valence-corrected chi connectivity index (χ2v) is 3.97. The van der Waals surface area contributed by atoms with Gasteiger partial charge in [0.05, 0.1) is 0 Å². The fraction of sp³-hybridized carbons (Fsp3) is 0.200. The van der Waals surface area contributed by atoms with Gasteiger partial charge >= 0.3 is 6.03 Å². The summed E-state index contributed by atoms with van der Waals surface area (Å²) in [5.74, 6) is -0.264. The van der Waals surface area contributed by atoms with E-state index in [4.69, 9.17) is 0 Å². The SMILES string of the molecule is C=CCN1C(=O)NC(=O)[C@H]1c1ccsc1. The maximum atomic E-state index is 11.6. The van der Waals surface area contributed by atoms with E-state index < -0.39 is 6.04 Å². The van der Waals surface area contributed by atoms with Crippen LogP contribution in [-0.4, -0.2) is 23.4 Å². The molecule has 0 saturated carbocycles. The normalized spacial score (nSPS) is 20.5. The van der Waals surface area contributed by atoms with E-state index in [0.29, 0.717) is 6.54 Å². The highest BCUT2D eigenvalue weighted by Crippen LogP contribution is 2.26. The van der Waals surface area contributed by atoms with Gasteiger partial charge in [-0.2, -0.15) is 11.3 Å². The molecule has 3 amide bonds. The van der Waals surface area contributed by atoms with Gasteiger partial charge in [-0.3, -0.25) is 10.1 Å². The van der Waals surface area contributed by atoms with E-state index in [1.54, 1.807) is 6.08 Å². The largest absolute Gasteiger partial charge is 0.325 e. The van der Waals surface area contributed by atoms with Gasteiger partial charge in [0.25, 0.3) is 5.91 Å². The molecule has 5 heteroatoms. The Morgan fingerprint density at radius 3 is 3.00 bits per heavy atom. The van der Waals surface area contributed by atoms with Crippen molar-refractivity contribution in [3.63, 3.8) is 0 Å². The van der Waals surface area contributed by atoms with Crippen LogP contribution in [-0.2, 0) is 4.79 Å². The zero-order chi connectivity index (χ0) is 10.8. The lowest BCUT2D eigenvalue weighted by atomic mass is 10.1. The van der Waals surface area contributed by atoms with Gasteiger partial charge in [0.2, 0.25) is 0 Å². The van der Waals surface area contributed by atoms with E-state index in [2.05, 4.69) is 11.9 Å². The van der Waals surface area contributed by atoms with Crippen molar-refractivity contribution in [1.29, 1.82) is 0 Å². The first kappa shape index (κ1) is 9.92. The topological polar surface area (TPSA) is 49.4 Å². The molecule has 0 spiro atoms. The third-order valence-electron chi connectivity index (χ3n) is 2.24. The van der Waals surface area contributed by atoms with Crippen molar-refractivity contribution in [2.24, 2.45) is 0 Å². The third-order valence-corrected chi connectivity index (χ3v) is 2.94. The Hall–Kier alpha value is -1.62. The van der Waals surface area contributed by atoms with E-state index in [0.717, 1.165) is 5.56 Å². The van der Waals surface area contributed by atoms with Crippen molar-refractivity contribution in [2.75, 3.05) is 6.54 Å². The van der Waals surface area contributed by atoms with Crippen molar-refractivity contribution < 1.29 is 9.59 Å². The summed E-state index contributed by atoms with van der Waals surface area (Å²) in [6.07, 6.45) is 1.61. The smallest absolute Gasteiger partial charge is 0.305 e. The predicted molar refractivity (Wildman–Crippen MR) is 57.5 cm³/mol. The first-order valence-corrected chi connectivity index (χ1v) is 5.43. The molecule has 0 aromatic carbocycles. The minimum absolute atomic E-state index is 0.264. The number of rotatable bonds is 3. The fourth-order valence-electron chi connectivity index (χ4n) is 1.59. The van der Waals surface area contributed by atoms with Crippen LogP contribution in [0.1, 0.15) is 11.6 Å². The predicted octanol–water partition coefficient (Wildman–Crippen LogP) is 1.53. The molecule has 15 heavy (non-hydrogen) atoms. The van der Waals surface area contributed by atoms with E-state index in [1.807, 2.05) is 16.8 Å². The van der Waals surface area contributed by atoms with Gasteiger partial charge in [-0.25, -0.2) is 4.79 Å².